The van der Waals surface area contributed by atoms with Crippen LogP contribution in [-0.4, -0.2) is 4.98 Å². The highest BCUT2D eigenvalue weighted by molar-refractivity contribution is 6.28. The van der Waals surface area contributed by atoms with Crippen LogP contribution in [0.5, 0.6) is 0 Å². The van der Waals surface area contributed by atoms with Crippen LogP contribution >= 0.6 is 11.6 Å². The molecular weight excluding hydrogens is 176 g/mol. The maximum Gasteiger partial charge on any atom is 0.293 e. The minimum absolute atomic E-state index is 0.104. The maximum atomic E-state index is 6.76. The van der Waals surface area contributed by atoms with Crippen molar-refractivity contribution >= 4 is 28.4 Å². The largest absolute Gasteiger partial charge is 0.429 e. The molecule has 0 aliphatic rings. The van der Waals surface area contributed by atoms with Gasteiger partial charge in [0.15, 0.2) is 5.69 Å². The van der Waals surface area contributed by atoms with E-state index in [9.17, 15) is 0 Å². The number of nitrogens with zero attached hydrogens (tertiary/aromatic N) is 2. The number of benzene rings is 1. The van der Waals surface area contributed by atoms with Gasteiger partial charge in [-0.2, -0.15) is 4.98 Å². The van der Waals surface area contributed by atoms with Crippen molar-refractivity contribution in [3.63, 3.8) is 0 Å². The Balaban J connectivity index is 2.77. The Kier molecular flexibility index (Phi) is 1.49. The lowest BCUT2D eigenvalue weighted by molar-refractivity contribution is 0.605. The number of hydrogen-bond donors (Lipinski definition) is 0. The van der Waals surface area contributed by atoms with Gasteiger partial charge in [0, 0.05) is 0 Å². The van der Waals surface area contributed by atoms with E-state index in [2.05, 4.69) is 9.83 Å². The van der Waals surface area contributed by atoms with Crippen molar-refractivity contribution in [2.75, 3.05) is 0 Å². The summed E-state index contributed by atoms with van der Waals surface area (Å²) >= 11 is 5.52. The quantitative estimate of drug-likeness (QED) is 0.581. The van der Waals surface area contributed by atoms with Crippen molar-refractivity contribution in [3.05, 3.63) is 35.0 Å². The second kappa shape index (κ2) is 2.50. The highest BCUT2D eigenvalue weighted by atomic mass is 35.5. The van der Waals surface area contributed by atoms with Gasteiger partial charge in [-0.25, -0.2) is 4.85 Å². The summed E-state index contributed by atoms with van der Waals surface area (Å²) in [7, 11) is 0. The van der Waals surface area contributed by atoms with Gasteiger partial charge in [0.05, 0.1) is 6.57 Å². The third-order valence-electron chi connectivity index (χ3n) is 1.48. The number of hydrogen-bond acceptors (Lipinski definition) is 2. The van der Waals surface area contributed by atoms with Crippen molar-refractivity contribution in [2.24, 2.45) is 0 Å². The van der Waals surface area contributed by atoms with Gasteiger partial charge in [-0.15, -0.1) is 0 Å². The van der Waals surface area contributed by atoms with E-state index >= 15 is 0 Å². The van der Waals surface area contributed by atoms with Crippen molar-refractivity contribution in [1.29, 1.82) is 0 Å². The molecule has 2 aromatic rings. The molecule has 0 amide bonds. The smallest absolute Gasteiger partial charge is 0.293 e. The first kappa shape index (κ1) is 7.14. The van der Waals surface area contributed by atoms with Crippen molar-refractivity contribution in [3.8, 4) is 0 Å². The number of rotatable bonds is 0. The van der Waals surface area contributed by atoms with E-state index in [0.29, 0.717) is 16.8 Å². The van der Waals surface area contributed by atoms with Crippen LogP contribution in [0.2, 0.25) is 5.35 Å². The van der Waals surface area contributed by atoms with E-state index in [0.717, 1.165) is 0 Å². The van der Waals surface area contributed by atoms with Crippen LogP contribution in [0.1, 0.15) is 0 Å². The lowest BCUT2D eigenvalue weighted by Gasteiger charge is -1.85. The molecule has 0 atom stereocenters. The third-order valence-corrected chi connectivity index (χ3v) is 1.64. The first-order valence-corrected chi connectivity index (χ1v) is 3.61. The predicted octanol–water partition coefficient (Wildman–Crippen LogP) is 3.03. The Labute approximate surface area is 73.4 Å². The van der Waals surface area contributed by atoms with Crippen LogP contribution in [0, 0.1) is 6.57 Å². The van der Waals surface area contributed by atoms with Crippen LogP contribution in [0.4, 0.5) is 5.69 Å². The molecule has 0 aliphatic carbocycles. The zero-order valence-corrected chi connectivity index (χ0v) is 6.67. The molecule has 2 rings (SSSR count). The molecule has 1 aromatic heterocycles. The highest BCUT2D eigenvalue weighted by Crippen LogP contribution is 2.23. The van der Waals surface area contributed by atoms with Crippen molar-refractivity contribution in [2.45, 2.75) is 0 Å². The standard InChI is InChI=1S/C8H3ClN2O/c1-10-5-2-3-6-7(4-5)12-8(9)11-6/h2-4H. The van der Waals surface area contributed by atoms with Gasteiger partial charge < -0.3 is 4.42 Å². The molecule has 0 spiro atoms. The summed E-state index contributed by atoms with van der Waals surface area (Å²) in [6.07, 6.45) is 0. The Hall–Kier alpha value is -1.53. The molecule has 0 aliphatic heterocycles. The summed E-state index contributed by atoms with van der Waals surface area (Å²) in [4.78, 5) is 7.13. The van der Waals surface area contributed by atoms with Crippen LogP contribution in [0.3, 0.4) is 0 Å². The normalized spacial score (nSPS) is 10.0. The molecule has 0 saturated heterocycles. The van der Waals surface area contributed by atoms with Crippen LogP contribution < -0.4 is 0 Å². The van der Waals surface area contributed by atoms with Gasteiger partial charge in [0.25, 0.3) is 5.35 Å². The second-order valence-electron chi connectivity index (χ2n) is 2.23. The molecule has 0 fully saturated rings. The van der Waals surface area contributed by atoms with E-state index in [4.69, 9.17) is 22.6 Å². The minimum Gasteiger partial charge on any atom is -0.429 e. The minimum atomic E-state index is 0.104. The fourth-order valence-corrected chi connectivity index (χ4v) is 1.13. The van der Waals surface area contributed by atoms with E-state index in [-0.39, 0.29) is 5.35 Å². The van der Waals surface area contributed by atoms with E-state index in [1.165, 1.54) is 0 Å². The van der Waals surface area contributed by atoms with Gasteiger partial charge in [-0.05, 0) is 23.7 Å². The number of halogens is 1. The second-order valence-corrected chi connectivity index (χ2v) is 2.55. The monoisotopic (exact) mass is 178 g/mol. The molecule has 58 valence electrons. The Morgan fingerprint density at radius 1 is 1.50 bits per heavy atom. The highest BCUT2D eigenvalue weighted by Gasteiger charge is 2.02. The van der Waals surface area contributed by atoms with Crippen LogP contribution in [0.25, 0.3) is 15.9 Å². The molecule has 0 radical (unpaired) electrons. The summed E-state index contributed by atoms with van der Waals surface area (Å²) in [6.45, 7) is 6.76. The molecule has 0 N–H and O–H groups in total. The molecule has 0 unspecified atom stereocenters. The topological polar surface area (TPSA) is 30.4 Å². The summed E-state index contributed by atoms with van der Waals surface area (Å²) < 4.78 is 5.02. The zero-order valence-electron chi connectivity index (χ0n) is 5.91. The van der Waals surface area contributed by atoms with Gasteiger partial charge in [0.1, 0.15) is 11.1 Å². The van der Waals surface area contributed by atoms with Gasteiger partial charge >= 0.3 is 0 Å². The van der Waals surface area contributed by atoms with Crippen LogP contribution in [0.15, 0.2) is 22.6 Å². The van der Waals surface area contributed by atoms with Crippen LogP contribution in [-0.2, 0) is 0 Å². The average Bonchev–Trinajstić information content (AvgIpc) is 2.43. The Morgan fingerprint density at radius 3 is 3.08 bits per heavy atom. The molecule has 12 heavy (non-hydrogen) atoms. The Bertz CT molecular complexity index is 469. The summed E-state index contributed by atoms with van der Waals surface area (Å²) in [5, 5.41) is 0.104. The first-order valence-electron chi connectivity index (χ1n) is 3.23. The molecule has 4 heteroatoms. The van der Waals surface area contributed by atoms with E-state index in [1.54, 1.807) is 18.2 Å². The molecule has 3 nitrogen and oxygen atoms in total. The average molecular weight is 179 g/mol. The van der Waals surface area contributed by atoms with Gasteiger partial charge in [0.2, 0.25) is 0 Å². The number of oxazole rings is 1. The molecule has 1 aromatic carbocycles. The lowest BCUT2D eigenvalue weighted by atomic mass is 10.3. The maximum absolute atomic E-state index is 6.76. The molecule has 0 saturated carbocycles. The van der Waals surface area contributed by atoms with Gasteiger partial charge in [-0.3, -0.25) is 0 Å². The Morgan fingerprint density at radius 2 is 2.33 bits per heavy atom. The van der Waals surface area contributed by atoms with Gasteiger partial charge in [-0.1, -0.05) is 6.07 Å². The molecular formula is C8H3ClN2O. The third kappa shape index (κ3) is 1.03. The van der Waals surface area contributed by atoms with Crippen molar-refractivity contribution in [1.82, 2.24) is 4.98 Å². The predicted molar refractivity (Wildman–Crippen MR) is 45.3 cm³/mol. The zero-order chi connectivity index (χ0) is 8.55. The first-order chi connectivity index (χ1) is 5.79. The molecule has 0 bridgehead atoms. The lowest BCUT2D eigenvalue weighted by Crippen LogP contribution is -1.65. The van der Waals surface area contributed by atoms with E-state index < -0.39 is 0 Å². The fourth-order valence-electron chi connectivity index (χ4n) is 0.955. The summed E-state index contributed by atoms with van der Waals surface area (Å²) in [5.74, 6) is 0. The van der Waals surface area contributed by atoms with E-state index in [1.807, 2.05) is 0 Å². The summed E-state index contributed by atoms with van der Waals surface area (Å²) in [5.41, 5.74) is 1.75. The van der Waals surface area contributed by atoms with Crippen molar-refractivity contribution < 1.29 is 4.42 Å². The number of fused-ring (bicyclic) bond motifs is 1. The summed E-state index contributed by atoms with van der Waals surface area (Å²) in [6, 6.07) is 4.99. The molecule has 1 heterocycles. The fraction of sp³-hybridized carbons (Fsp3) is 0. The number of aromatic nitrogens is 1. The SMILES string of the molecule is [C-]#[N+]c1ccc2nc(Cl)oc2c1.